The maximum atomic E-state index is 12.3. The van der Waals surface area contributed by atoms with Crippen LogP contribution in [0.2, 0.25) is 0 Å². The Morgan fingerprint density at radius 3 is 2.30 bits per heavy atom. The van der Waals surface area contributed by atoms with Crippen LogP contribution < -0.4 is 15.2 Å². The van der Waals surface area contributed by atoms with Gasteiger partial charge in [-0.2, -0.15) is 0 Å². The highest BCUT2D eigenvalue weighted by atomic mass is 35.5. The maximum absolute atomic E-state index is 12.3. The summed E-state index contributed by atoms with van der Waals surface area (Å²) >= 11 is 0. The molecule has 0 spiro atoms. The van der Waals surface area contributed by atoms with Crippen LogP contribution in [0, 0.1) is 5.92 Å². The zero-order valence-electron chi connectivity index (χ0n) is 13.3. The van der Waals surface area contributed by atoms with E-state index in [1.807, 2.05) is 13.8 Å². The first kappa shape index (κ1) is 21.8. The molecule has 3 N–H and O–H groups in total. The lowest BCUT2D eigenvalue weighted by molar-refractivity contribution is -0.274. The van der Waals surface area contributed by atoms with Crippen molar-refractivity contribution in [3.8, 4) is 11.5 Å². The summed E-state index contributed by atoms with van der Waals surface area (Å²) < 4.78 is 45.8. The third kappa shape index (κ3) is 7.28. The molecule has 8 heteroatoms. The molecular weight excluding hydrogens is 335 g/mol. The summed E-state index contributed by atoms with van der Waals surface area (Å²) in [6.45, 7) is 4.02. The molecule has 134 valence electrons. The van der Waals surface area contributed by atoms with Crippen LogP contribution in [0.5, 0.6) is 11.5 Å². The zero-order chi connectivity index (χ0) is 16.9. The largest absolute Gasteiger partial charge is 0.573 e. The minimum absolute atomic E-state index is 0. The third-order valence-electron chi connectivity index (χ3n) is 3.25. The molecule has 0 unspecified atom stereocenters. The lowest BCUT2D eigenvalue weighted by Crippen LogP contribution is -2.27. The van der Waals surface area contributed by atoms with E-state index in [9.17, 15) is 18.3 Å². The molecule has 0 aliphatic carbocycles. The molecule has 0 amide bonds. The molecule has 0 aromatic heterocycles. The average Bonchev–Trinajstić information content (AvgIpc) is 2.42. The van der Waals surface area contributed by atoms with Gasteiger partial charge in [0.25, 0.3) is 0 Å². The van der Waals surface area contributed by atoms with Crippen molar-refractivity contribution in [3.63, 3.8) is 0 Å². The van der Waals surface area contributed by atoms with E-state index in [2.05, 4.69) is 4.74 Å². The standard InChI is InChI=1S/C15H22F3NO3.ClH/c1-9(2)4-6-12(20)14(19)11-8-10(22-15(16,17)18)5-7-13(11)21-3;/h5,7-9,12,14,20H,4,6,19H2,1-3H3;1H/t12-,14+;/m0./s1. The molecule has 2 atom stereocenters. The Kier molecular flexibility index (Phi) is 8.73. The summed E-state index contributed by atoms with van der Waals surface area (Å²) in [5.41, 5.74) is 6.25. The topological polar surface area (TPSA) is 64.7 Å². The Balaban J connectivity index is 0.00000484. The lowest BCUT2D eigenvalue weighted by atomic mass is 9.95. The van der Waals surface area contributed by atoms with E-state index in [0.717, 1.165) is 18.6 Å². The number of hydrogen-bond donors (Lipinski definition) is 2. The fraction of sp³-hybridized carbons (Fsp3) is 0.600. The first-order valence-electron chi connectivity index (χ1n) is 7.01. The molecule has 0 aliphatic heterocycles. The van der Waals surface area contributed by atoms with E-state index in [1.165, 1.54) is 13.2 Å². The zero-order valence-corrected chi connectivity index (χ0v) is 14.1. The first-order valence-corrected chi connectivity index (χ1v) is 7.01. The summed E-state index contributed by atoms with van der Waals surface area (Å²) in [4.78, 5) is 0. The second kappa shape index (κ2) is 9.20. The minimum Gasteiger partial charge on any atom is -0.496 e. The van der Waals surface area contributed by atoms with Gasteiger partial charge in [-0.05, 0) is 37.0 Å². The Morgan fingerprint density at radius 1 is 1.22 bits per heavy atom. The van der Waals surface area contributed by atoms with Crippen LogP contribution in [-0.4, -0.2) is 24.7 Å². The van der Waals surface area contributed by atoms with Gasteiger partial charge in [0.05, 0.1) is 19.3 Å². The average molecular weight is 358 g/mol. The number of alkyl halides is 3. The molecule has 1 aromatic rings. The summed E-state index contributed by atoms with van der Waals surface area (Å²) in [6.07, 6.45) is -4.45. The molecule has 0 bridgehead atoms. The van der Waals surface area contributed by atoms with Gasteiger partial charge >= 0.3 is 6.36 Å². The van der Waals surface area contributed by atoms with Gasteiger partial charge in [-0.25, -0.2) is 0 Å². The second-order valence-corrected chi connectivity index (χ2v) is 5.52. The van der Waals surface area contributed by atoms with Gasteiger partial charge in [-0.1, -0.05) is 13.8 Å². The van der Waals surface area contributed by atoms with Gasteiger partial charge in [-0.15, -0.1) is 25.6 Å². The number of ether oxygens (including phenoxy) is 2. The molecule has 1 rings (SSSR count). The summed E-state index contributed by atoms with van der Waals surface area (Å²) in [5.74, 6) is 0.309. The van der Waals surface area contributed by atoms with Crippen LogP contribution in [-0.2, 0) is 0 Å². The maximum Gasteiger partial charge on any atom is 0.573 e. The van der Waals surface area contributed by atoms with Crippen molar-refractivity contribution in [3.05, 3.63) is 23.8 Å². The SMILES string of the molecule is COc1ccc(OC(F)(F)F)cc1[C@@H](N)[C@@H](O)CCC(C)C.Cl. The van der Waals surface area contributed by atoms with Crippen molar-refractivity contribution in [2.45, 2.75) is 45.2 Å². The summed E-state index contributed by atoms with van der Waals surface area (Å²) in [5, 5.41) is 10.1. The van der Waals surface area contributed by atoms with E-state index in [4.69, 9.17) is 10.5 Å². The quantitative estimate of drug-likeness (QED) is 0.778. The monoisotopic (exact) mass is 357 g/mol. The molecule has 0 saturated carbocycles. The highest BCUT2D eigenvalue weighted by molar-refractivity contribution is 5.85. The molecule has 1 aromatic carbocycles. The van der Waals surface area contributed by atoms with Crippen LogP contribution in [0.25, 0.3) is 0 Å². The lowest BCUT2D eigenvalue weighted by Gasteiger charge is -2.22. The van der Waals surface area contributed by atoms with Gasteiger partial charge in [0.2, 0.25) is 0 Å². The van der Waals surface area contributed by atoms with Crippen molar-refractivity contribution >= 4 is 12.4 Å². The Labute approximate surface area is 140 Å². The van der Waals surface area contributed by atoms with Crippen LogP contribution in [0.4, 0.5) is 13.2 Å². The fourth-order valence-electron chi connectivity index (χ4n) is 2.06. The summed E-state index contributed by atoms with van der Waals surface area (Å²) in [6, 6.07) is 2.77. The van der Waals surface area contributed by atoms with Crippen LogP contribution in [0.15, 0.2) is 18.2 Å². The highest BCUT2D eigenvalue weighted by Crippen LogP contribution is 2.33. The summed E-state index contributed by atoms with van der Waals surface area (Å²) in [7, 11) is 1.39. The van der Waals surface area contributed by atoms with Gasteiger partial charge in [0, 0.05) is 5.56 Å². The number of benzene rings is 1. The molecular formula is C15H23ClF3NO3. The minimum atomic E-state index is -4.79. The number of hydrogen-bond acceptors (Lipinski definition) is 4. The molecule has 4 nitrogen and oxygen atoms in total. The number of halogens is 4. The van der Waals surface area contributed by atoms with E-state index < -0.39 is 24.3 Å². The predicted molar refractivity (Wildman–Crippen MR) is 83.9 cm³/mol. The van der Waals surface area contributed by atoms with E-state index in [-0.39, 0.29) is 18.0 Å². The van der Waals surface area contributed by atoms with Crippen LogP contribution >= 0.6 is 12.4 Å². The number of aliphatic hydroxyl groups is 1. The Hall–Kier alpha value is -1.18. The van der Waals surface area contributed by atoms with Gasteiger partial charge in [-0.3, -0.25) is 0 Å². The fourth-order valence-corrected chi connectivity index (χ4v) is 2.06. The van der Waals surface area contributed by atoms with E-state index in [1.54, 1.807) is 0 Å². The highest BCUT2D eigenvalue weighted by Gasteiger charge is 2.32. The normalized spacial score (nSPS) is 14.1. The smallest absolute Gasteiger partial charge is 0.496 e. The van der Waals surface area contributed by atoms with Crippen LogP contribution in [0.1, 0.15) is 38.3 Å². The number of methoxy groups -OCH3 is 1. The van der Waals surface area contributed by atoms with E-state index in [0.29, 0.717) is 18.1 Å². The predicted octanol–water partition coefficient (Wildman–Crippen LogP) is 3.81. The molecule has 0 heterocycles. The van der Waals surface area contributed by atoms with Gasteiger partial charge in [0.1, 0.15) is 11.5 Å². The Bertz CT molecular complexity index is 484. The van der Waals surface area contributed by atoms with Crippen molar-refractivity contribution in [2.24, 2.45) is 11.7 Å². The van der Waals surface area contributed by atoms with Crippen molar-refractivity contribution in [2.75, 3.05) is 7.11 Å². The van der Waals surface area contributed by atoms with Crippen LogP contribution in [0.3, 0.4) is 0 Å². The molecule has 23 heavy (non-hydrogen) atoms. The van der Waals surface area contributed by atoms with Crippen molar-refractivity contribution < 1.29 is 27.8 Å². The number of nitrogens with two attached hydrogens (primary N) is 1. The third-order valence-corrected chi connectivity index (χ3v) is 3.25. The van der Waals surface area contributed by atoms with Gasteiger partial charge in [0.15, 0.2) is 0 Å². The van der Waals surface area contributed by atoms with Gasteiger partial charge < -0.3 is 20.3 Å². The first-order chi connectivity index (χ1) is 10.1. The molecule has 0 radical (unpaired) electrons. The van der Waals surface area contributed by atoms with Crippen molar-refractivity contribution in [1.82, 2.24) is 0 Å². The van der Waals surface area contributed by atoms with E-state index >= 15 is 0 Å². The molecule has 0 aliphatic rings. The second-order valence-electron chi connectivity index (χ2n) is 5.52. The van der Waals surface area contributed by atoms with Crippen molar-refractivity contribution in [1.29, 1.82) is 0 Å². The molecule has 0 fully saturated rings. The Morgan fingerprint density at radius 2 is 1.83 bits per heavy atom. The molecule has 0 saturated heterocycles. The number of rotatable bonds is 7. The number of aliphatic hydroxyl groups excluding tert-OH is 1.